The first-order valence-corrected chi connectivity index (χ1v) is 4.47. The number of rotatable bonds is 1. The summed E-state index contributed by atoms with van der Waals surface area (Å²) in [6.45, 7) is 3.53. The maximum atomic E-state index is 10.6. The monoisotopic (exact) mass is 203 g/mol. The quantitative estimate of drug-likeness (QED) is 0.526. The first-order valence-electron chi connectivity index (χ1n) is 4.47. The van der Waals surface area contributed by atoms with Crippen LogP contribution in [-0.2, 0) is 0 Å². The average molecular weight is 203 g/mol. The maximum absolute atomic E-state index is 10.6. The molecule has 2 aromatic rings. The zero-order valence-electron chi connectivity index (χ0n) is 8.39. The van der Waals surface area contributed by atoms with Gasteiger partial charge in [0, 0.05) is 0 Å². The molecule has 0 saturated carbocycles. The number of nitrogens with zero attached hydrogens (tertiary/aromatic N) is 3. The van der Waals surface area contributed by atoms with E-state index in [1.54, 1.807) is 13.0 Å². The number of fused-ring (bicyclic) bond motifs is 1. The summed E-state index contributed by atoms with van der Waals surface area (Å²) in [6, 6.07) is 5.46. The lowest BCUT2D eigenvalue weighted by atomic mass is 10.2. The molecular weight excluding hydrogens is 194 g/mol. The van der Waals surface area contributed by atoms with Crippen molar-refractivity contribution in [2.45, 2.75) is 13.8 Å². The van der Waals surface area contributed by atoms with Crippen molar-refractivity contribution < 1.29 is 4.92 Å². The smallest absolute Gasteiger partial charge is 0.358 e. The fourth-order valence-corrected chi connectivity index (χ4v) is 1.42. The van der Waals surface area contributed by atoms with Gasteiger partial charge in [0.1, 0.15) is 11.2 Å². The molecule has 15 heavy (non-hydrogen) atoms. The van der Waals surface area contributed by atoms with Crippen LogP contribution in [0.15, 0.2) is 18.2 Å². The Balaban J connectivity index is 2.76. The zero-order valence-corrected chi connectivity index (χ0v) is 8.39. The van der Waals surface area contributed by atoms with E-state index in [9.17, 15) is 10.1 Å². The molecule has 0 amide bonds. The van der Waals surface area contributed by atoms with E-state index in [2.05, 4.69) is 9.97 Å². The van der Waals surface area contributed by atoms with Crippen molar-refractivity contribution in [1.29, 1.82) is 0 Å². The molecule has 0 unspecified atom stereocenters. The third-order valence-corrected chi connectivity index (χ3v) is 2.14. The Morgan fingerprint density at radius 3 is 2.60 bits per heavy atom. The Morgan fingerprint density at radius 2 is 1.93 bits per heavy atom. The lowest BCUT2D eigenvalue weighted by Gasteiger charge is -1.99. The van der Waals surface area contributed by atoms with Crippen molar-refractivity contribution in [3.8, 4) is 0 Å². The second-order valence-corrected chi connectivity index (χ2v) is 3.38. The maximum Gasteiger partial charge on any atom is 0.385 e. The molecule has 5 heteroatoms. The Labute approximate surface area is 85.9 Å². The van der Waals surface area contributed by atoms with E-state index in [0.29, 0.717) is 16.7 Å². The van der Waals surface area contributed by atoms with Crippen LogP contribution in [-0.4, -0.2) is 14.9 Å². The molecule has 1 aromatic heterocycles. The van der Waals surface area contributed by atoms with Gasteiger partial charge in [-0.3, -0.25) is 0 Å². The fourth-order valence-electron chi connectivity index (χ4n) is 1.42. The third-order valence-electron chi connectivity index (χ3n) is 2.14. The van der Waals surface area contributed by atoms with Gasteiger partial charge in [-0.25, -0.2) is 4.98 Å². The van der Waals surface area contributed by atoms with Crippen LogP contribution < -0.4 is 0 Å². The molecule has 0 aliphatic carbocycles. The van der Waals surface area contributed by atoms with Crippen LogP contribution in [0.4, 0.5) is 5.82 Å². The molecule has 5 nitrogen and oxygen atoms in total. The van der Waals surface area contributed by atoms with Gasteiger partial charge in [-0.05, 0) is 41.5 Å². The van der Waals surface area contributed by atoms with Crippen molar-refractivity contribution in [2.75, 3.05) is 0 Å². The van der Waals surface area contributed by atoms with Gasteiger partial charge < -0.3 is 10.1 Å². The van der Waals surface area contributed by atoms with Crippen LogP contribution in [0.1, 0.15) is 11.3 Å². The molecule has 76 valence electrons. The van der Waals surface area contributed by atoms with E-state index in [1.165, 1.54) is 0 Å². The van der Waals surface area contributed by atoms with Gasteiger partial charge >= 0.3 is 5.82 Å². The van der Waals surface area contributed by atoms with Crippen molar-refractivity contribution in [3.05, 3.63) is 39.6 Å². The van der Waals surface area contributed by atoms with Crippen LogP contribution in [0.25, 0.3) is 11.0 Å². The predicted molar refractivity (Wildman–Crippen MR) is 55.7 cm³/mol. The molecule has 0 aliphatic rings. The second-order valence-electron chi connectivity index (χ2n) is 3.38. The van der Waals surface area contributed by atoms with E-state index >= 15 is 0 Å². The Kier molecular flexibility index (Phi) is 2.07. The summed E-state index contributed by atoms with van der Waals surface area (Å²) in [5.74, 6) is -0.175. The minimum absolute atomic E-state index is 0.175. The average Bonchev–Trinajstić information content (AvgIpc) is 2.15. The first-order chi connectivity index (χ1) is 7.08. The van der Waals surface area contributed by atoms with Gasteiger partial charge in [-0.15, -0.1) is 0 Å². The van der Waals surface area contributed by atoms with E-state index in [0.717, 1.165) is 5.56 Å². The van der Waals surface area contributed by atoms with Crippen LogP contribution in [0.2, 0.25) is 0 Å². The molecule has 0 N–H and O–H groups in total. The van der Waals surface area contributed by atoms with Crippen LogP contribution in [0, 0.1) is 24.0 Å². The molecule has 0 spiro atoms. The Morgan fingerprint density at radius 1 is 1.20 bits per heavy atom. The third kappa shape index (κ3) is 1.63. The van der Waals surface area contributed by atoms with E-state index in [4.69, 9.17) is 0 Å². The number of benzene rings is 1. The summed E-state index contributed by atoms with van der Waals surface area (Å²) in [6.07, 6.45) is 0. The number of nitro groups is 1. The number of hydrogen-bond donors (Lipinski definition) is 0. The molecule has 0 atom stereocenters. The van der Waals surface area contributed by atoms with Crippen molar-refractivity contribution in [3.63, 3.8) is 0 Å². The van der Waals surface area contributed by atoms with Gasteiger partial charge in [0.05, 0.1) is 0 Å². The van der Waals surface area contributed by atoms with Crippen LogP contribution in [0.5, 0.6) is 0 Å². The minimum Gasteiger partial charge on any atom is -0.358 e. The molecule has 0 bridgehead atoms. The van der Waals surface area contributed by atoms with Gasteiger partial charge in [-0.1, -0.05) is 6.07 Å². The van der Waals surface area contributed by atoms with Crippen LogP contribution >= 0.6 is 0 Å². The highest BCUT2D eigenvalue weighted by molar-refractivity contribution is 5.76. The summed E-state index contributed by atoms with van der Waals surface area (Å²) in [4.78, 5) is 18.2. The highest BCUT2D eigenvalue weighted by Crippen LogP contribution is 2.18. The SMILES string of the molecule is Cc1ccc2nc([N+](=O)[O-])c(C)nc2c1. The molecular formula is C10H9N3O2. The standard InChI is InChI=1S/C10H9N3O2/c1-6-3-4-8-9(5-6)11-7(2)10(12-8)13(14)15/h3-5H,1-2H3. The molecule has 0 radical (unpaired) electrons. The van der Waals surface area contributed by atoms with Crippen molar-refractivity contribution in [1.82, 2.24) is 9.97 Å². The van der Waals surface area contributed by atoms with Crippen molar-refractivity contribution in [2.24, 2.45) is 0 Å². The molecule has 1 aromatic carbocycles. The largest absolute Gasteiger partial charge is 0.385 e. The van der Waals surface area contributed by atoms with E-state index < -0.39 is 4.92 Å². The highest BCUT2D eigenvalue weighted by Gasteiger charge is 2.15. The topological polar surface area (TPSA) is 68.9 Å². The van der Waals surface area contributed by atoms with E-state index in [1.807, 2.05) is 19.1 Å². The number of aryl methyl sites for hydroxylation is 2. The first kappa shape index (κ1) is 9.51. The summed E-state index contributed by atoms with van der Waals surface area (Å²) >= 11 is 0. The summed E-state index contributed by atoms with van der Waals surface area (Å²) in [5.41, 5.74) is 2.65. The molecule has 1 heterocycles. The fraction of sp³-hybridized carbons (Fsp3) is 0.200. The van der Waals surface area contributed by atoms with E-state index in [-0.39, 0.29) is 5.82 Å². The summed E-state index contributed by atoms with van der Waals surface area (Å²) < 4.78 is 0. The normalized spacial score (nSPS) is 10.5. The van der Waals surface area contributed by atoms with Gasteiger partial charge in [0.25, 0.3) is 0 Å². The molecule has 2 rings (SSSR count). The van der Waals surface area contributed by atoms with Crippen molar-refractivity contribution >= 4 is 16.9 Å². The number of hydrogen-bond acceptors (Lipinski definition) is 4. The van der Waals surface area contributed by atoms with Gasteiger partial charge in [-0.2, -0.15) is 0 Å². The minimum atomic E-state index is -0.512. The lowest BCUT2D eigenvalue weighted by Crippen LogP contribution is -1.98. The Hall–Kier alpha value is -2.04. The van der Waals surface area contributed by atoms with Gasteiger partial charge in [0.2, 0.25) is 5.52 Å². The second kappa shape index (κ2) is 3.27. The molecule has 0 saturated heterocycles. The highest BCUT2D eigenvalue weighted by atomic mass is 16.6. The van der Waals surface area contributed by atoms with Gasteiger partial charge in [0.15, 0.2) is 0 Å². The molecule has 0 aliphatic heterocycles. The molecule has 0 fully saturated rings. The van der Waals surface area contributed by atoms with Crippen LogP contribution in [0.3, 0.4) is 0 Å². The Bertz CT molecular complexity index is 552. The predicted octanol–water partition coefficient (Wildman–Crippen LogP) is 2.15. The lowest BCUT2D eigenvalue weighted by molar-refractivity contribution is -0.390. The zero-order chi connectivity index (χ0) is 11.0. The summed E-state index contributed by atoms with van der Waals surface area (Å²) in [7, 11) is 0. The summed E-state index contributed by atoms with van der Waals surface area (Å²) in [5, 5.41) is 10.6. The number of aromatic nitrogens is 2.